The zero-order chi connectivity index (χ0) is 13.3. The molecule has 0 unspecified atom stereocenters. The first kappa shape index (κ1) is 13.3. The highest BCUT2D eigenvalue weighted by atomic mass is 16.6. The molecule has 0 aliphatic carbocycles. The second kappa shape index (κ2) is 7.33. The molecule has 0 aliphatic rings. The summed E-state index contributed by atoms with van der Waals surface area (Å²) in [5.41, 5.74) is 7.39. The monoisotopic (exact) mass is 258 g/mol. The fraction of sp³-hybridized carbons (Fsp3) is 0.286. The third-order valence-electron chi connectivity index (χ3n) is 2.66. The average molecular weight is 258 g/mol. The van der Waals surface area contributed by atoms with Gasteiger partial charge in [-0.3, -0.25) is 0 Å². The van der Waals surface area contributed by atoms with Crippen LogP contribution < -0.4 is 5.73 Å². The van der Waals surface area contributed by atoms with Gasteiger partial charge >= 0.3 is 0 Å². The highest BCUT2D eigenvalue weighted by Gasteiger charge is 2.04. The lowest BCUT2D eigenvalue weighted by Crippen LogP contribution is -2.10. The molecule has 5 nitrogen and oxygen atoms in total. The fourth-order valence-corrected chi connectivity index (χ4v) is 1.70. The molecular weight excluding hydrogens is 240 g/mol. The zero-order valence-corrected chi connectivity index (χ0v) is 10.8. The Morgan fingerprint density at radius 2 is 2.16 bits per heavy atom. The van der Waals surface area contributed by atoms with E-state index in [9.17, 15) is 0 Å². The number of oxime groups is 1. The Labute approximate surface area is 112 Å². The van der Waals surface area contributed by atoms with Crippen molar-refractivity contribution in [2.45, 2.75) is 13.0 Å². The van der Waals surface area contributed by atoms with Crippen LogP contribution in [0.4, 0.5) is 0 Å². The van der Waals surface area contributed by atoms with Crippen LogP contribution >= 0.6 is 0 Å². The van der Waals surface area contributed by atoms with E-state index in [-0.39, 0.29) is 0 Å². The lowest BCUT2D eigenvalue weighted by atomic mass is 10.1. The van der Waals surface area contributed by atoms with Crippen molar-refractivity contribution in [3.8, 4) is 0 Å². The number of benzene rings is 1. The van der Waals surface area contributed by atoms with Gasteiger partial charge in [-0.25, -0.2) is 4.98 Å². The van der Waals surface area contributed by atoms with Crippen LogP contribution in [0.15, 0.2) is 54.2 Å². The molecule has 1 aromatic heterocycles. The van der Waals surface area contributed by atoms with Crippen molar-refractivity contribution in [2.24, 2.45) is 10.9 Å². The van der Waals surface area contributed by atoms with Crippen LogP contribution in [-0.2, 0) is 11.4 Å². The predicted octanol–water partition coefficient (Wildman–Crippen LogP) is 1.65. The predicted molar refractivity (Wildman–Crippen MR) is 74.8 cm³/mol. The van der Waals surface area contributed by atoms with Crippen molar-refractivity contribution >= 4 is 5.71 Å². The van der Waals surface area contributed by atoms with E-state index in [0.29, 0.717) is 13.2 Å². The molecule has 0 fully saturated rings. The SMILES string of the molecule is NCCON=C(CCn1ccnc1)c1ccccc1. The molecule has 0 spiro atoms. The minimum atomic E-state index is 0.432. The summed E-state index contributed by atoms with van der Waals surface area (Å²) in [4.78, 5) is 9.23. The minimum absolute atomic E-state index is 0.432. The number of imidazole rings is 1. The first-order chi connectivity index (χ1) is 9.40. The molecule has 2 N–H and O–H groups in total. The Bertz CT molecular complexity index is 493. The van der Waals surface area contributed by atoms with Crippen LogP contribution in [0.3, 0.4) is 0 Å². The van der Waals surface area contributed by atoms with E-state index >= 15 is 0 Å². The molecule has 0 radical (unpaired) electrons. The number of hydrogen-bond acceptors (Lipinski definition) is 4. The molecule has 0 amide bonds. The van der Waals surface area contributed by atoms with Crippen molar-refractivity contribution in [2.75, 3.05) is 13.2 Å². The molecule has 0 saturated heterocycles. The molecule has 1 aromatic carbocycles. The van der Waals surface area contributed by atoms with Gasteiger partial charge in [0, 0.05) is 31.9 Å². The van der Waals surface area contributed by atoms with Crippen LogP contribution in [0.25, 0.3) is 0 Å². The van der Waals surface area contributed by atoms with E-state index in [4.69, 9.17) is 10.6 Å². The molecular formula is C14H18N4O. The summed E-state index contributed by atoms with van der Waals surface area (Å²) in [6.07, 6.45) is 6.28. The van der Waals surface area contributed by atoms with Gasteiger partial charge in [0.2, 0.25) is 0 Å². The van der Waals surface area contributed by atoms with Gasteiger partial charge < -0.3 is 15.1 Å². The van der Waals surface area contributed by atoms with Crippen LogP contribution in [0.2, 0.25) is 0 Å². The quantitative estimate of drug-likeness (QED) is 0.466. The van der Waals surface area contributed by atoms with Crippen LogP contribution in [0.5, 0.6) is 0 Å². The lowest BCUT2D eigenvalue weighted by molar-refractivity contribution is 0.151. The maximum Gasteiger partial charge on any atom is 0.129 e. The van der Waals surface area contributed by atoms with E-state index in [2.05, 4.69) is 10.1 Å². The minimum Gasteiger partial charge on any atom is -0.394 e. The smallest absolute Gasteiger partial charge is 0.129 e. The molecule has 0 atom stereocenters. The highest BCUT2D eigenvalue weighted by Crippen LogP contribution is 2.06. The van der Waals surface area contributed by atoms with E-state index in [1.54, 1.807) is 12.5 Å². The summed E-state index contributed by atoms with van der Waals surface area (Å²) in [5.74, 6) is 0. The van der Waals surface area contributed by atoms with Gasteiger partial charge in [0.1, 0.15) is 6.61 Å². The van der Waals surface area contributed by atoms with Crippen molar-refractivity contribution in [3.05, 3.63) is 54.6 Å². The molecule has 19 heavy (non-hydrogen) atoms. The second-order valence-corrected chi connectivity index (χ2v) is 4.08. The first-order valence-corrected chi connectivity index (χ1v) is 6.30. The number of rotatable bonds is 7. The summed E-state index contributed by atoms with van der Waals surface area (Å²) in [5, 5.41) is 4.19. The number of hydrogen-bond donors (Lipinski definition) is 1. The summed E-state index contributed by atoms with van der Waals surface area (Å²) in [7, 11) is 0. The summed E-state index contributed by atoms with van der Waals surface area (Å²) >= 11 is 0. The van der Waals surface area contributed by atoms with Gasteiger partial charge in [0.25, 0.3) is 0 Å². The van der Waals surface area contributed by atoms with E-state index in [1.165, 1.54) is 0 Å². The van der Waals surface area contributed by atoms with Crippen molar-refractivity contribution in [3.63, 3.8) is 0 Å². The number of aryl methyl sites for hydroxylation is 1. The summed E-state index contributed by atoms with van der Waals surface area (Å²) in [6.45, 7) is 1.72. The third-order valence-corrected chi connectivity index (χ3v) is 2.66. The number of nitrogens with zero attached hydrogens (tertiary/aromatic N) is 3. The Morgan fingerprint density at radius 3 is 2.84 bits per heavy atom. The number of aromatic nitrogens is 2. The maximum absolute atomic E-state index is 5.40. The van der Waals surface area contributed by atoms with Gasteiger partial charge in [-0.2, -0.15) is 0 Å². The van der Waals surface area contributed by atoms with E-state index in [0.717, 1.165) is 24.2 Å². The van der Waals surface area contributed by atoms with Gasteiger partial charge in [0.15, 0.2) is 0 Å². The second-order valence-electron chi connectivity index (χ2n) is 4.08. The van der Waals surface area contributed by atoms with Crippen LogP contribution in [-0.4, -0.2) is 28.4 Å². The van der Waals surface area contributed by atoms with Crippen LogP contribution in [0, 0.1) is 0 Å². The Morgan fingerprint density at radius 1 is 1.32 bits per heavy atom. The van der Waals surface area contributed by atoms with Gasteiger partial charge in [-0.05, 0) is 5.56 Å². The Hall–Kier alpha value is -2.14. The van der Waals surface area contributed by atoms with E-state index < -0.39 is 0 Å². The molecule has 0 aliphatic heterocycles. The van der Waals surface area contributed by atoms with Crippen molar-refractivity contribution < 1.29 is 4.84 Å². The van der Waals surface area contributed by atoms with Crippen molar-refractivity contribution in [1.82, 2.24) is 9.55 Å². The standard InChI is InChI=1S/C14H18N4O/c15-7-11-19-17-14(13-4-2-1-3-5-13)6-9-18-10-8-16-12-18/h1-5,8,10,12H,6-7,9,11,15H2. The molecule has 0 bridgehead atoms. The highest BCUT2D eigenvalue weighted by molar-refractivity contribution is 6.00. The molecule has 2 aromatic rings. The first-order valence-electron chi connectivity index (χ1n) is 6.30. The fourth-order valence-electron chi connectivity index (χ4n) is 1.70. The Kier molecular flexibility index (Phi) is 5.13. The maximum atomic E-state index is 5.40. The lowest BCUT2D eigenvalue weighted by Gasteiger charge is -2.07. The summed E-state index contributed by atoms with van der Waals surface area (Å²) < 4.78 is 2.02. The molecule has 1 heterocycles. The van der Waals surface area contributed by atoms with Gasteiger partial charge in [0.05, 0.1) is 12.0 Å². The largest absolute Gasteiger partial charge is 0.394 e. The van der Waals surface area contributed by atoms with Crippen LogP contribution in [0.1, 0.15) is 12.0 Å². The molecule has 2 rings (SSSR count). The number of nitrogens with two attached hydrogens (primary N) is 1. The summed E-state index contributed by atoms with van der Waals surface area (Å²) in [6, 6.07) is 10.0. The van der Waals surface area contributed by atoms with Gasteiger partial charge in [-0.1, -0.05) is 35.5 Å². The molecule has 5 heteroatoms. The zero-order valence-electron chi connectivity index (χ0n) is 10.8. The van der Waals surface area contributed by atoms with Crippen molar-refractivity contribution in [1.29, 1.82) is 0 Å². The van der Waals surface area contributed by atoms with Gasteiger partial charge in [-0.15, -0.1) is 0 Å². The van der Waals surface area contributed by atoms with E-state index in [1.807, 2.05) is 41.1 Å². The topological polar surface area (TPSA) is 65.4 Å². The molecule has 0 saturated carbocycles. The Balaban J connectivity index is 2.04. The average Bonchev–Trinajstić information content (AvgIpc) is 2.97. The normalized spacial score (nSPS) is 11.5. The third kappa shape index (κ3) is 4.22. The molecule has 100 valence electrons.